The standard InChI is InChI=1S/C18H20ClN3O6S/c1-5-27-16(23)13-10(4)20-17(29)21(18(24)28-9(2)3)15(13)11-7-6-8-12(14(11)19)22(25)26/h6-9,13,15H,5H2,1-4H3. The summed E-state index contributed by atoms with van der Waals surface area (Å²) in [5.41, 5.74) is 0.0980. The number of esters is 1. The van der Waals surface area contributed by atoms with E-state index in [9.17, 15) is 19.7 Å². The highest BCUT2D eigenvalue weighted by molar-refractivity contribution is 7.80. The third kappa shape index (κ3) is 4.70. The Labute approximate surface area is 177 Å². The van der Waals surface area contributed by atoms with Crippen LogP contribution in [0.15, 0.2) is 23.2 Å². The van der Waals surface area contributed by atoms with Gasteiger partial charge < -0.3 is 9.47 Å². The molecular weight excluding hydrogens is 422 g/mol. The Balaban J connectivity index is 2.72. The van der Waals surface area contributed by atoms with Crippen molar-refractivity contribution >= 4 is 52.4 Å². The van der Waals surface area contributed by atoms with Crippen molar-refractivity contribution in [2.24, 2.45) is 10.9 Å². The molecule has 1 aliphatic rings. The van der Waals surface area contributed by atoms with Crippen LogP contribution in [0.4, 0.5) is 10.5 Å². The first-order valence-corrected chi connectivity index (χ1v) is 9.57. The van der Waals surface area contributed by atoms with E-state index in [0.29, 0.717) is 5.71 Å². The molecule has 0 N–H and O–H groups in total. The number of nitrogens with zero attached hydrogens (tertiary/aromatic N) is 3. The second-order valence-corrected chi connectivity index (χ2v) is 7.19. The fourth-order valence-electron chi connectivity index (χ4n) is 2.98. The summed E-state index contributed by atoms with van der Waals surface area (Å²) in [5.74, 6) is -1.73. The normalized spacial score (nSPS) is 19.0. The minimum atomic E-state index is -1.11. The minimum Gasteiger partial charge on any atom is -0.465 e. The number of ether oxygens (including phenoxy) is 2. The second kappa shape index (κ2) is 9.27. The van der Waals surface area contributed by atoms with Crippen LogP contribution in [0.5, 0.6) is 0 Å². The van der Waals surface area contributed by atoms with Crippen molar-refractivity contribution in [2.45, 2.75) is 39.8 Å². The Kier molecular flexibility index (Phi) is 7.26. The molecular formula is C18H20ClN3O6S. The largest absolute Gasteiger partial charge is 0.465 e. The molecule has 0 aromatic heterocycles. The first-order chi connectivity index (χ1) is 13.6. The number of thiocarbonyl (C=S) groups is 1. The molecule has 2 unspecified atom stereocenters. The molecule has 0 fully saturated rings. The lowest BCUT2D eigenvalue weighted by atomic mass is 9.87. The molecule has 1 amide bonds. The zero-order valence-corrected chi connectivity index (χ0v) is 17.8. The van der Waals surface area contributed by atoms with Crippen molar-refractivity contribution in [3.05, 3.63) is 38.9 Å². The van der Waals surface area contributed by atoms with Gasteiger partial charge in [-0.2, -0.15) is 0 Å². The van der Waals surface area contributed by atoms with Gasteiger partial charge in [-0.05, 0) is 39.9 Å². The molecule has 0 bridgehead atoms. The molecule has 29 heavy (non-hydrogen) atoms. The molecule has 1 aliphatic heterocycles. The van der Waals surface area contributed by atoms with Crippen molar-refractivity contribution in [3.63, 3.8) is 0 Å². The summed E-state index contributed by atoms with van der Waals surface area (Å²) in [6, 6.07) is 3.02. The SMILES string of the molecule is CCOC(=O)C1C(C)=NC(=S)N(C(=O)OC(C)C)C1c1cccc([N+](=O)[O-])c1Cl. The van der Waals surface area contributed by atoms with Crippen LogP contribution in [0, 0.1) is 16.0 Å². The molecule has 11 heteroatoms. The topological polar surface area (TPSA) is 111 Å². The average molecular weight is 442 g/mol. The number of benzene rings is 1. The van der Waals surface area contributed by atoms with Crippen LogP contribution in [-0.4, -0.2) is 45.4 Å². The smallest absolute Gasteiger partial charge is 0.417 e. The number of nitro benzene ring substituents is 1. The monoisotopic (exact) mass is 441 g/mol. The van der Waals surface area contributed by atoms with E-state index < -0.39 is 35.0 Å². The summed E-state index contributed by atoms with van der Waals surface area (Å²) in [7, 11) is 0. The third-order valence-electron chi connectivity index (χ3n) is 4.12. The summed E-state index contributed by atoms with van der Waals surface area (Å²) < 4.78 is 10.4. The van der Waals surface area contributed by atoms with Crippen LogP contribution in [0.3, 0.4) is 0 Å². The van der Waals surface area contributed by atoms with Crippen LogP contribution >= 0.6 is 23.8 Å². The van der Waals surface area contributed by atoms with Crippen LogP contribution in [0.2, 0.25) is 5.02 Å². The van der Waals surface area contributed by atoms with Crippen molar-refractivity contribution in [1.82, 2.24) is 4.90 Å². The number of hydrogen-bond donors (Lipinski definition) is 0. The van der Waals surface area contributed by atoms with E-state index >= 15 is 0 Å². The quantitative estimate of drug-likeness (QED) is 0.293. The molecule has 0 saturated heterocycles. The second-order valence-electron chi connectivity index (χ2n) is 6.45. The zero-order valence-electron chi connectivity index (χ0n) is 16.2. The molecule has 1 aromatic rings. The van der Waals surface area contributed by atoms with E-state index in [0.717, 1.165) is 4.90 Å². The van der Waals surface area contributed by atoms with Gasteiger partial charge in [0.1, 0.15) is 10.9 Å². The van der Waals surface area contributed by atoms with Crippen LogP contribution < -0.4 is 0 Å². The Morgan fingerprint density at radius 2 is 2.07 bits per heavy atom. The van der Waals surface area contributed by atoms with E-state index in [-0.39, 0.29) is 28.0 Å². The molecule has 0 saturated carbocycles. The summed E-state index contributed by atoms with van der Waals surface area (Å²) >= 11 is 11.6. The van der Waals surface area contributed by atoms with Crippen molar-refractivity contribution in [3.8, 4) is 0 Å². The van der Waals surface area contributed by atoms with E-state index in [1.165, 1.54) is 18.2 Å². The highest BCUT2D eigenvalue weighted by Gasteiger charge is 2.46. The third-order valence-corrected chi connectivity index (χ3v) is 4.82. The van der Waals surface area contributed by atoms with E-state index in [2.05, 4.69) is 4.99 Å². The summed E-state index contributed by atoms with van der Waals surface area (Å²) in [6.07, 6.45) is -1.32. The molecule has 0 radical (unpaired) electrons. The fourth-order valence-corrected chi connectivity index (χ4v) is 3.62. The lowest BCUT2D eigenvalue weighted by molar-refractivity contribution is -0.384. The van der Waals surface area contributed by atoms with Crippen molar-refractivity contribution in [2.75, 3.05) is 6.61 Å². The van der Waals surface area contributed by atoms with Crippen LogP contribution in [0.1, 0.15) is 39.3 Å². The van der Waals surface area contributed by atoms with Gasteiger partial charge in [0.15, 0.2) is 0 Å². The van der Waals surface area contributed by atoms with Crippen molar-refractivity contribution < 1.29 is 24.0 Å². The van der Waals surface area contributed by atoms with Gasteiger partial charge in [-0.1, -0.05) is 23.7 Å². The number of aliphatic imine (C=N–C) groups is 1. The molecule has 1 heterocycles. The highest BCUT2D eigenvalue weighted by atomic mass is 35.5. The lowest BCUT2D eigenvalue weighted by Crippen LogP contribution is -2.50. The minimum absolute atomic E-state index is 0.0961. The zero-order chi connectivity index (χ0) is 21.9. The van der Waals surface area contributed by atoms with Crippen LogP contribution in [-0.2, 0) is 14.3 Å². The van der Waals surface area contributed by atoms with E-state index in [1.807, 2.05) is 0 Å². The summed E-state index contributed by atoms with van der Waals surface area (Å²) in [4.78, 5) is 41.3. The van der Waals surface area contributed by atoms with Gasteiger partial charge in [0.05, 0.1) is 23.7 Å². The number of rotatable bonds is 5. The van der Waals surface area contributed by atoms with Crippen molar-refractivity contribution in [1.29, 1.82) is 0 Å². The summed E-state index contributed by atoms with van der Waals surface area (Å²) in [6.45, 7) is 6.60. The molecule has 0 aliphatic carbocycles. The predicted octanol–water partition coefficient (Wildman–Crippen LogP) is 4.08. The summed E-state index contributed by atoms with van der Waals surface area (Å²) in [5, 5.41) is 11.0. The number of amides is 1. The van der Waals surface area contributed by atoms with E-state index in [1.54, 1.807) is 27.7 Å². The molecule has 9 nitrogen and oxygen atoms in total. The molecule has 2 atom stereocenters. The maximum atomic E-state index is 12.8. The van der Waals surface area contributed by atoms with Gasteiger partial charge in [0, 0.05) is 17.3 Å². The first kappa shape index (κ1) is 22.7. The Hall–Kier alpha value is -2.59. The Morgan fingerprint density at radius 1 is 1.41 bits per heavy atom. The highest BCUT2D eigenvalue weighted by Crippen LogP contribution is 2.41. The molecule has 1 aromatic carbocycles. The fraction of sp³-hybridized carbons (Fsp3) is 0.444. The Bertz CT molecular complexity index is 888. The van der Waals surface area contributed by atoms with Gasteiger partial charge >= 0.3 is 12.1 Å². The number of carbonyl (C=O) groups is 2. The van der Waals surface area contributed by atoms with Gasteiger partial charge in [-0.15, -0.1) is 0 Å². The molecule has 0 spiro atoms. The van der Waals surface area contributed by atoms with Gasteiger partial charge in [0.2, 0.25) is 5.11 Å². The van der Waals surface area contributed by atoms with Gasteiger partial charge in [0.25, 0.3) is 5.69 Å². The van der Waals surface area contributed by atoms with E-state index in [4.69, 9.17) is 33.3 Å². The predicted molar refractivity (Wildman–Crippen MR) is 110 cm³/mol. The number of carbonyl (C=O) groups excluding carboxylic acids is 2. The number of halogens is 1. The van der Waals surface area contributed by atoms with Crippen LogP contribution in [0.25, 0.3) is 0 Å². The maximum absolute atomic E-state index is 12.8. The first-order valence-electron chi connectivity index (χ1n) is 8.78. The maximum Gasteiger partial charge on any atom is 0.417 e. The van der Waals surface area contributed by atoms with Gasteiger partial charge in [-0.25, -0.2) is 14.7 Å². The molecule has 2 rings (SSSR count). The molecule has 156 valence electrons. The van der Waals surface area contributed by atoms with Gasteiger partial charge in [-0.3, -0.25) is 14.9 Å². The number of nitro groups is 1. The lowest BCUT2D eigenvalue weighted by Gasteiger charge is -2.38. The number of hydrogen-bond acceptors (Lipinski definition) is 7. The Morgan fingerprint density at radius 3 is 2.62 bits per heavy atom. The average Bonchev–Trinajstić information content (AvgIpc) is 2.60.